The van der Waals surface area contributed by atoms with Crippen LogP contribution < -0.4 is 0 Å². The van der Waals surface area contributed by atoms with Crippen LogP contribution in [0.2, 0.25) is 0 Å². The molecule has 0 spiro atoms. The summed E-state index contributed by atoms with van der Waals surface area (Å²) in [4.78, 5) is 3.69. The third kappa shape index (κ3) is 2.17. The maximum atomic E-state index is 12.8. The van der Waals surface area contributed by atoms with Crippen molar-refractivity contribution >= 4 is 6.21 Å². The highest BCUT2D eigenvalue weighted by atomic mass is 19.1. The van der Waals surface area contributed by atoms with Crippen LogP contribution in [0.3, 0.4) is 0 Å². The first-order valence-electron chi connectivity index (χ1n) is 3.46. The Morgan fingerprint density at radius 2 is 2.25 bits per heavy atom. The molecule has 0 aliphatic rings. The summed E-state index contributed by atoms with van der Waals surface area (Å²) in [6, 6.07) is 8.13. The van der Waals surface area contributed by atoms with Gasteiger partial charge in [-0.1, -0.05) is 18.2 Å². The summed E-state index contributed by atoms with van der Waals surface area (Å²) in [6.45, 7) is 0.0638. The zero-order valence-corrected chi connectivity index (χ0v) is 6.37. The molecular formula is C9H7FN2. The topological polar surface area (TPSA) is 36.1 Å². The minimum absolute atomic E-state index is 0.0638. The molecule has 60 valence electrons. The fraction of sp³-hybridized carbons (Fsp3) is 0.111. The van der Waals surface area contributed by atoms with Crippen molar-refractivity contribution in [1.82, 2.24) is 0 Å². The van der Waals surface area contributed by atoms with Crippen LogP contribution in [-0.4, -0.2) is 12.8 Å². The fourth-order valence-electron chi connectivity index (χ4n) is 0.765. The van der Waals surface area contributed by atoms with Gasteiger partial charge in [-0.25, -0.2) is 4.39 Å². The van der Waals surface area contributed by atoms with Crippen molar-refractivity contribution in [2.75, 3.05) is 6.54 Å². The first-order chi connectivity index (χ1) is 5.84. The van der Waals surface area contributed by atoms with E-state index in [2.05, 4.69) is 4.99 Å². The monoisotopic (exact) mass is 162 g/mol. The van der Waals surface area contributed by atoms with Crippen LogP contribution in [0.25, 0.3) is 0 Å². The average Bonchev–Trinajstić information content (AvgIpc) is 2.09. The standard InChI is InChI=1S/C9H7FN2/c10-9-4-2-1-3-8(9)7-12-6-5-11/h1-4,7H,6H2. The number of nitriles is 1. The molecule has 0 saturated carbocycles. The summed E-state index contributed by atoms with van der Waals surface area (Å²) in [5.41, 5.74) is 0.410. The van der Waals surface area contributed by atoms with E-state index in [0.29, 0.717) is 5.56 Å². The lowest BCUT2D eigenvalue weighted by Gasteiger charge is -1.92. The van der Waals surface area contributed by atoms with Crippen LogP contribution in [0.1, 0.15) is 5.56 Å². The second-order valence-electron chi connectivity index (χ2n) is 2.15. The van der Waals surface area contributed by atoms with E-state index in [-0.39, 0.29) is 12.4 Å². The second-order valence-corrected chi connectivity index (χ2v) is 2.15. The first kappa shape index (κ1) is 8.41. The van der Waals surface area contributed by atoms with Crippen molar-refractivity contribution in [1.29, 1.82) is 5.26 Å². The lowest BCUT2D eigenvalue weighted by Crippen LogP contribution is -1.87. The summed E-state index contributed by atoms with van der Waals surface area (Å²) in [6.07, 6.45) is 1.36. The molecule has 0 aromatic heterocycles. The van der Waals surface area contributed by atoms with Gasteiger partial charge in [0.2, 0.25) is 0 Å². The van der Waals surface area contributed by atoms with Gasteiger partial charge in [0.25, 0.3) is 0 Å². The number of hydrogen-bond acceptors (Lipinski definition) is 2. The number of benzene rings is 1. The van der Waals surface area contributed by atoms with E-state index in [9.17, 15) is 4.39 Å². The maximum Gasteiger partial charge on any atom is 0.131 e. The zero-order chi connectivity index (χ0) is 8.81. The molecule has 12 heavy (non-hydrogen) atoms. The fourth-order valence-corrected chi connectivity index (χ4v) is 0.765. The van der Waals surface area contributed by atoms with Crippen molar-refractivity contribution in [2.45, 2.75) is 0 Å². The Balaban J connectivity index is 2.77. The van der Waals surface area contributed by atoms with Crippen molar-refractivity contribution < 1.29 is 4.39 Å². The van der Waals surface area contributed by atoms with Gasteiger partial charge in [-0.05, 0) is 6.07 Å². The van der Waals surface area contributed by atoms with Gasteiger partial charge in [-0.2, -0.15) is 5.26 Å². The Hall–Kier alpha value is -1.69. The predicted octanol–water partition coefficient (Wildman–Crippen LogP) is 1.77. The molecule has 0 bridgehead atoms. The van der Waals surface area contributed by atoms with E-state index in [4.69, 9.17) is 5.26 Å². The molecule has 0 fully saturated rings. The molecule has 1 aromatic carbocycles. The van der Waals surface area contributed by atoms with Crippen molar-refractivity contribution in [3.63, 3.8) is 0 Å². The molecular weight excluding hydrogens is 155 g/mol. The number of halogens is 1. The van der Waals surface area contributed by atoms with E-state index in [1.165, 1.54) is 12.3 Å². The molecule has 0 saturated heterocycles. The minimum atomic E-state index is -0.320. The molecule has 0 atom stereocenters. The zero-order valence-electron chi connectivity index (χ0n) is 6.37. The van der Waals surface area contributed by atoms with Gasteiger partial charge < -0.3 is 0 Å². The Kier molecular flexibility index (Phi) is 2.97. The maximum absolute atomic E-state index is 12.8. The van der Waals surface area contributed by atoms with Crippen LogP contribution in [0.15, 0.2) is 29.3 Å². The normalized spacial score (nSPS) is 10.0. The summed E-state index contributed by atoms with van der Waals surface area (Å²) in [5, 5.41) is 8.16. The van der Waals surface area contributed by atoms with E-state index >= 15 is 0 Å². The van der Waals surface area contributed by atoms with E-state index in [0.717, 1.165) is 0 Å². The lowest BCUT2D eigenvalue weighted by molar-refractivity contribution is 0.626. The van der Waals surface area contributed by atoms with Crippen LogP contribution >= 0.6 is 0 Å². The highest BCUT2D eigenvalue weighted by Crippen LogP contribution is 2.02. The van der Waals surface area contributed by atoms with E-state index in [1.807, 2.05) is 6.07 Å². The summed E-state index contributed by atoms with van der Waals surface area (Å²) in [7, 11) is 0. The van der Waals surface area contributed by atoms with Gasteiger partial charge in [-0.3, -0.25) is 4.99 Å². The highest BCUT2D eigenvalue weighted by molar-refractivity contribution is 5.79. The van der Waals surface area contributed by atoms with Crippen LogP contribution in [0.5, 0.6) is 0 Å². The largest absolute Gasteiger partial charge is 0.277 e. The Morgan fingerprint density at radius 1 is 1.50 bits per heavy atom. The lowest BCUT2D eigenvalue weighted by atomic mass is 10.2. The summed E-state index contributed by atoms with van der Waals surface area (Å²) < 4.78 is 12.8. The molecule has 0 aliphatic carbocycles. The molecule has 1 rings (SSSR count). The van der Waals surface area contributed by atoms with Gasteiger partial charge in [0.1, 0.15) is 12.4 Å². The first-order valence-corrected chi connectivity index (χ1v) is 3.46. The van der Waals surface area contributed by atoms with Gasteiger partial charge in [0.15, 0.2) is 0 Å². The smallest absolute Gasteiger partial charge is 0.131 e. The molecule has 2 nitrogen and oxygen atoms in total. The number of hydrogen-bond donors (Lipinski definition) is 0. The molecule has 0 radical (unpaired) electrons. The van der Waals surface area contributed by atoms with Gasteiger partial charge in [0.05, 0.1) is 6.07 Å². The molecule has 3 heteroatoms. The Labute approximate surface area is 70.0 Å². The van der Waals surface area contributed by atoms with Crippen LogP contribution in [0, 0.1) is 17.1 Å². The SMILES string of the molecule is N#CCN=Cc1ccccc1F. The Morgan fingerprint density at radius 3 is 2.92 bits per heavy atom. The summed E-state index contributed by atoms with van der Waals surface area (Å²) in [5.74, 6) is -0.320. The number of nitrogens with zero attached hydrogens (tertiary/aromatic N) is 2. The third-order valence-electron chi connectivity index (χ3n) is 1.30. The quantitative estimate of drug-likeness (QED) is 0.482. The van der Waals surface area contributed by atoms with Crippen molar-refractivity contribution in [3.05, 3.63) is 35.6 Å². The van der Waals surface area contributed by atoms with Crippen LogP contribution in [-0.2, 0) is 0 Å². The predicted molar refractivity (Wildman–Crippen MR) is 44.5 cm³/mol. The molecule has 0 heterocycles. The molecule has 0 unspecified atom stereocenters. The summed E-state index contributed by atoms with van der Waals surface area (Å²) >= 11 is 0. The van der Waals surface area contributed by atoms with E-state index < -0.39 is 0 Å². The third-order valence-corrected chi connectivity index (χ3v) is 1.30. The molecule has 0 N–H and O–H groups in total. The van der Waals surface area contributed by atoms with Gasteiger partial charge in [-0.15, -0.1) is 0 Å². The molecule has 0 aliphatic heterocycles. The van der Waals surface area contributed by atoms with Crippen molar-refractivity contribution in [3.8, 4) is 6.07 Å². The van der Waals surface area contributed by atoms with Gasteiger partial charge >= 0.3 is 0 Å². The van der Waals surface area contributed by atoms with Crippen LogP contribution in [0.4, 0.5) is 4.39 Å². The Bertz CT molecular complexity index is 326. The molecule has 1 aromatic rings. The number of aliphatic imine (C=N–C) groups is 1. The minimum Gasteiger partial charge on any atom is -0.277 e. The number of rotatable bonds is 2. The average molecular weight is 162 g/mol. The second kappa shape index (κ2) is 4.24. The van der Waals surface area contributed by atoms with E-state index in [1.54, 1.807) is 18.2 Å². The molecule has 0 amide bonds. The highest BCUT2D eigenvalue weighted by Gasteiger charge is 1.94. The van der Waals surface area contributed by atoms with Crippen molar-refractivity contribution in [2.24, 2.45) is 4.99 Å². The van der Waals surface area contributed by atoms with Gasteiger partial charge in [0, 0.05) is 11.8 Å².